The highest BCUT2D eigenvalue weighted by Crippen LogP contribution is 2.33. The number of aryl methyl sites for hydroxylation is 2. The molecule has 1 amide bonds. The van der Waals surface area contributed by atoms with Gasteiger partial charge in [0.05, 0.1) is 5.54 Å². The summed E-state index contributed by atoms with van der Waals surface area (Å²) in [6.07, 6.45) is 3.36. The van der Waals surface area contributed by atoms with Crippen LogP contribution < -0.4 is 5.32 Å². The first-order valence-electron chi connectivity index (χ1n) is 6.02. The van der Waals surface area contributed by atoms with Gasteiger partial charge in [0.1, 0.15) is 0 Å². The van der Waals surface area contributed by atoms with Crippen molar-refractivity contribution in [2.24, 2.45) is 0 Å². The fourth-order valence-corrected chi connectivity index (χ4v) is 2.79. The highest BCUT2D eigenvalue weighted by Gasteiger charge is 2.37. The average Bonchev–Trinajstić information content (AvgIpc) is 2.27. The van der Waals surface area contributed by atoms with E-state index in [1.165, 1.54) is 17.5 Å². The molecule has 0 aliphatic heterocycles. The van der Waals surface area contributed by atoms with Crippen molar-refractivity contribution in [3.8, 4) is 0 Å². The lowest BCUT2D eigenvalue weighted by Gasteiger charge is -2.41. The second kappa shape index (κ2) is 4.81. The molecule has 0 spiro atoms. The second-order valence-corrected chi connectivity index (χ2v) is 5.58. The predicted molar refractivity (Wildman–Crippen MR) is 73.8 cm³/mol. The van der Waals surface area contributed by atoms with E-state index >= 15 is 0 Å². The summed E-state index contributed by atoms with van der Waals surface area (Å²) in [6.45, 7) is 4.10. The molecule has 1 aliphatic carbocycles. The van der Waals surface area contributed by atoms with Crippen LogP contribution in [-0.2, 0) is 0 Å². The maximum absolute atomic E-state index is 12.1. The number of carbonyl (C=O) groups is 1. The molecule has 2 nitrogen and oxygen atoms in total. The summed E-state index contributed by atoms with van der Waals surface area (Å²) >= 11 is 3.50. The molecular formula is C14H18BrNO. The number of benzene rings is 1. The minimum Gasteiger partial charge on any atom is -0.346 e. The molecule has 3 heteroatoms. The number of rotatable bonds is 3. The zero-order chi connectivity index (χ0) is 12.5. The Morgan fingerprint density at radius 3 is 2.53 bits per heavy atom. The van der Waals surface area contributed by atoms with Gasteiger partial charge in [-0.05, 0) is 56.4 Å². The fourth-order valence-electron chi connectivity index (χ4n) is 2.09. The van der Waals surface area contributed by atoms with Crippen LogP contribution in [0.3, 0.4) is 0 Å². The lowest BCUT2D eigenvalue weighted by molar-refractivity contribution is 0.0856. The van der Waals surface area contributed by atoms with Gasteiger partial charge in [-0.2, -0.15) is 0 Å². The summed E-state index contributed by atoms with van der Waals surface area (Å²) in [7, 11) is 0. The molecule has 0 saturated heterocycles. The normalized spacial score (nSPS) is 17.4. The molecule has 0 heterocycles. The minimum atomic E-state index is -0.00409. The quantitative estimate of drug-likeness (QED) is 0.852. The van der Waals surface area contributed by atoms with E-state index in [0.717, 1.165) is 23.7 Å². The van der Waals surface area contributed by atoms with Gasteiger partial charge in [0.15, 0.2) is 0 Å². The van der Waals surface area contributed by atoms with Crippen molar-refractivity contribution in [1.29, 1.82) is 0 Å². The minimum absolute atomic E-state index is 0.00409. The first kappa shape index (κ1) is 12.6. The first-order chi connectivity index (χ1) is 8.06. The zero-order valence-electron chi connectivity index (χ0n) is 10.3. The second-order valence-electron chi connectivity index (χ2n) is 5.02. The maximum Gasteiger partial charge on any atom is 0.251 e. The lowest BCUT2D eigenvalue weighted by atomic mass is 9.78. The van der Waals surface area contributed by atoms with Gasteiger partial charge in [-0.3, -0.25) is 4.79 Å². The Kier molecular flexibility index (Phi) is 3.57. The van der Waals surface area contributed by atoms with Crippen molar-refractivity contribution in [2.75, 3.05) is 5.33 Å². The van der Waals surface area contributed by atoms with Crippen molar-refractivity contribution >= 4 is 21.8 Å². The van der Waals surface area contributed by atoms with Crippen LogP contribution in [0.15, 0.2) is 18.2 Å². The summed E-state index contributed by atoms with van der Waals surface area (Å²) in [5.74, 6) is 0.0484. The van der Waals surface area contributed by atoms with Crippen LogP contribution in [0.5, 0.6) is 0 Å². The molecule has 0 bridgehead atoms. The Morgan fingerprint density at radius 1 is 1.35 bits per heavy atom. The molecule has 1 fully saturated rings. The third-order valence-electron chi connectivity index (χ3n) is 3.71. The number of nitrogens with one attached hydrogen (secondary N) is 1. The predicted octanol–water partition coefficient (Wildman–Crippen LogP) is 3.35. The number of carbonyl (C=O) groups excluding carboxylic acids is 1. The molecule has 1 aromatic rings. The fraction of sp³-hybridized carbons (Fsp3) is 0.500. The summed E-state index contributed by atoms with van der Waals surface area (Å²) in [5, 5.41) is 4.00. The molecule has 0 aromatic heterocycles. The Balaban J connectivity index is 2.11. The summed E-state index contributed by atoms with van der Waals surface area (Å²) in [6, 6.07) is 5.87. The van der Waals surface area contributed by atoms with Crippen molar-refractivity contribution in [3.05, 3.63) is 34.9 Å². The van der Waals surface area contributed by atoms with E-state index in [1.54, 1.807) is 0 Å². The molecule has 1 saturated carbocycles. The van der Waals surface area contributed by atoms with Crippen molar-refractivity contribution < 1.29 is 4.79 Å². The molecule has 0 atom stereocenters. The Bertz CT molecular complexity index is 432. The lowest BCUT2D eigenvalue weighted by Crippen LogP contribution is -2.54. The van der Waals surface area contributed by atoms with E-state index in [9.17, 15) is 4.79 Å². The molecule has 1 aromatic carbocycles. The summed E-state index contributed by atoms with van der Waals surface area (Å²) < 4.78 is 0. The highest BCUT2D eigenvalue weighted by molar-refractivity contribution is 9.09. The van der Waals surface area contributed by atoms with Gasteiger partial charge in [-0.25, -0.2) is 0 Å². The van der Waals surface area contributed by atoms with E-state index in [0.29, 0.717) is 0 Å². The third-order valence-corrected chi connectivity index (χ3v) is 4.79. The largest absolute Gasteiger partial charge is 0.346 e. The Hall–Kier alpha value is -0.830. The number of hydrogen-bond donors (Lipinski definition) is 1. The average molecular weight is 296 g/mol. The van der Waals surface area contributed by atoms with Gasteiger partial charge in [0, 0.05) is 10.9 Å². The number of halogens is 1. The van der Waals surface area contributed by atoms with E-state index in [1.807, 2.05) is 25.1 Å². The number of alkyl halides is 1. The van der Waals surface area contributed by atoms with Crippen LogP contribution in [0, 0.1) is 13.8 Å². The molecular weight excluding hydrogens is 278 g/mol. The van der Waals surface area contributed by atoms with Crippen LogP contribution in [0.1, 0.15) is 40.7 Å². The van der Waals surface area contributed by atoms with Gasteiger partial charge in [-0.1, -0.05) is 22.0 Å². The maximum atomic E-state index is 12.1. The van der Waals surface area contributed by atoms with Crippen molar-refractivity contribution in [2.45, 2.75) is 38.6 Å². The topological polar surface area (TPSA) is 29.1 Å². The molecule has 2 rings (SSSR count). The van der Waals surface area contributed by atoms with Crippen LogP contribution in [-0.4, -0.2) is 16.8 Å². The standard InChI is InChI=1S/C14H18BrNO/c1-10-4-5-12(8-11(10)2)13(17)16-14(9-15)6-3-7-14/h4-5,8H,3,6-7,9H2,1-2H3,(H,16,17). The number of amides is 1. The monoisotopic (exact) mass is 295 g/mol. The van der Waals surface area contributed by atoms with Gasteiger partial charge in [0.25, 0.3) is 5.91 Å². The molecule has 1 aliphatic rings. The van der Waals surface area contributed by atoms with E-state index < -0.39 is 0 Å². The molecule has 0 unspecified atom stereocenters. The Labute approximate surface area is 111 Å². The zero-order valence-corrected chi connectivity index (χ0v) is 11.9. The van der Waals surface area contributed by atoms with E-state index in [2.05, 4.69) is 28.2 Å². The summed E-state index contributed by atoms with van der Waals surface area (Å²) in [5.41, 5.74) is 3.15. The van der Waals surface area contributed by atoms with E-state index in [4.69, 9.17) is 0 Å². The highest BCUT2D eigenvalue weighted by atomic mass is 79.9. The molecule has 0 radical (unpaired) electrons. The van der Waals surface area contributed by atoms with Gasteiger partial charge >= 0.3 is 0 Å². The van der Waals surface area contributed by atoms with Gasteiger partial charge in [-0.15, -0.1) is 0 Å². The van der Waals surface area contributed by atoms with Crippen LogP contribution in [0.4, 0.5) is 0 Å². The SMILES string of the molecule is Cc1ccc(C(=O)NC2(CBr)CCC2)cc1C. The van der Waals surface area contributed by atoms with Crippen LogP contribution in [0.25, 0.3) is 0 Å². The van der Waals surface area contributed by atoms with Gasteiger partial charge < -0.3 is 5.32 Å². The van der Waals surface area contributed by atoms with Crippen LogP contribution >= 0.6 is 15.9 Å². The molecule has 92 valence electrons. The third kappa shape index (κ3) is 2.54. The summed E-state index contributed by atoms with van der Waals surface area (Å²) in [4.78, 5) is 12.1. The molecule has 17 heavy (non-hydrogen) atoms. The molecule has 1 N–H and O–H groups in total. The smallest absolute Gasteiger partial charge is 0.251 e. The van der Waals surface area contributed by atoms with Crippen LogP contribution in [0.2, 0.25) is 0 Å². The van der Waals surface area contributed by atoms with Gasteiger partial charge in [0.2, 0.25) is 0 Å². The van der Waals surface area contributed by atoms with Crippen molar-refractivity contribution in [3.63, 3.8) is 0 Å². The first-order valence-corrected chi connectivity index (χ1v) is 7.14. The number of hydrogen-bond acceptors (Lipinski definition) is 1. The van der Waals surface area contributed by atoms with E-state index in [-0.39, 0.29) is 11.4 Å². The van der Waals surface area contributed by atoms with Crippen molar-refractivity contribution in [1.82, 2.24) is 5.32 Å². The Morgan fingerprint density at radius 2 is 2.06 bits per heavy atom.